The van der Waals surface area contributed by atoms with Crippen molar-refractivity contribution in [1.82, 2.24) is 39.8 Å². The number of benzene rings is 1. The third-order valence-electron chi connectivity index (χ3n) is 6.49. The Morgan fingerprint density at radius 3 is 2.66 bits per heavy atom. The van der Waals surface area contributed by atoms with Gasteiger partial charge in [-0.1, -0.05) is 18.2 Å². The summed E-state index contributed by atoms with van der Waals surface area (Å²) >= 11 is 0.723. The highest BCUT2D eigenvalue weighted by Crippen LogP contribution is 2.36. The van der Waals surface area contributed by atoms with Crippen LogP contribution in [0.25, 0.3) is 16.9 Å². The zero-order valence-electron chi connectivity index (χ0n) is 20.0. The summed E-state index contributed by atoms with van der Waals surface area (Å²) < 4.78 is 28.1. The second kappa shape index (κ2) is 10.2. The van der Waals surface area contributed by atoms with Crippen molar-refractivity contribution in [2.75, 3.05) is 5.32 Å². The summed E-state index contributed by atoms with van der Waals surface area (Å²) in [4.78, 5) is 27.2. The van der Waals surface area contributed by atoms with Crippen molar-refractivity contribution < 1.29 is 13.6 Å². The zero-order valence-corrected chi connectivity index (χ0v) is 20.9. The molecule has 2 atom stereocenters. The van der Waals surface area contributed by atoms with Crippen LogP contribution in [0, 0.1) is 0 Å². The number of nitrogens with one attached hydrogen (secondary N) is 2. The fourth-order valence-electron chi connectivity index (χ4n) is 4.81. The molecule has 38 heavy (non-hydrogen) atoms. The summed E-state index contributed by atoms with van der Waals surface area (Å²) in [5.74, 6) is 0.799. The molecular formula is C25H23F2N9OS. The predicted octanol–water partition coefficient (Wildman–Crippen LogP) is 5.06. The molecule has 1 saturated carbocycles. The molecule has 0 radical (unpaired) electrons. The number of amides is 1. The van der Waals surface area contributed by atoms with E-state index in [4.69, 9.17) is 4.98 Å². The first-order valence-electron chi connectivity index (χ1n) is 12.2. The van der Waals surface area contributed by atoms with E-state index in [2.05, 4.69) is 35.4 Å². The van der Waals surface area contributed by atoms with Crippen LogP contribution in [0.5, 0.6) is 0 Å². The Bertz CT molecular complexity index is 1550. The number of fused-ring (bicyclic) bond motifs is 1. The van der Waals surface area contributed by atoms with E-state index in [1.807, 2.05) is 36.4 Å². The number of carbonyl (C=O) groups is 1. The highest BCUT2D eigenvalue weighted by molar-refractivity contribution is 7.13. The van der Waals surface area contributed by atoms with E-state index >= 15 is 0 Å². The first-order valence-corrected chi connectivity index (χ1v) is 13.0. The van der Waals surface area contributed by atoms with Crippen LogP contribution in [0.3, 0.4) is 0 Å². The first kappa shape index (κ1) is 24.1. The molecule has 0 saturated heterocycles. The molecular weight excluding hydrogens is 512 g/mol. The van der Waals surface area contributed by atoms with Crippen molar-refractivity contribution in [2.24, 2.45) is 0 Å². The molecule has 5 aromatic rings. The molecule has 2 N–H and O–H groups in total. The smallest absolute Gasteiger partial charge is 0.280 e. The number of pyridine rings is 1. The summed E-state index contributed by atoms with van der Waals surface area (Å²) in [6.45, 7) is 0. The third-order valence-corrected chi connectivity index (χ3v) is 7.50. The Kier molecular flexibility index (Phi) is 6.50. The minimum atomic E-state index is -2.64. The average molecular weight is 536 g/mol. The van der Waals surface area contributed by atoms with Gasteiger partial charge in [0, 0.05) is 30.0 Å². The van der Waals surface area contributed by atoms with Crippen molar-refractivity contribution in [2.45, 2.75) is 44.2 Å². The van der Waals surface area contributed by atoms with Crippen LogP contribution in [0.1, 0.15) is 52.8 Å². The van der Waals surface area contributed by atoms with E-state index in [0.29, 0.717) is 23.7 Å². The summed E-state index contributed by atoms with van der Waals surface area (Å²) in [5, 5.41) is 14.9. The maximum absolute atomic E-state index is 13.0. The number of imidazole rings is 1. The minimum Gasteiger partial charge on any atom is -0.347 e. The normalized spacial score (nSPS) is 17.7. The van der Waals surface area contributed by atoms with Crippen LogP contribution in [0.2, 0.25) is 0 Å². The number of aromatic nitrogens is 7. The fourth-order valence-corrected chi connectivity index (χ4v) is 5.48. The van der Waals surface area contributed by atoms with Crippen molar-refractivity contribution in [3.8, 4) is 5.82 Å². The standard InChI is InChI=1S/C25H23F2N9OS/c26-22(27)20-14-29-24(38-20)23(37)32-16-7-4-8-17(11-16)35-19-12-21(36-30-9-10-31-36)28-13-18(19)34-25(35)33-15-5-2-1-3-6-15/h1-3,5-6,9-10,12-14,16-17,22H,4,7-8,11H2,(H,32,37)(H,33,34)/t16-,17+/m0/s1. The second-order valence-corrected chi connectivity index (χ2v) is 10.1. The van der Waals surface area contributed by atoms with Crippen molar-refractivity contribution in [3.63, 3.8) is 0 Å². The minimum absolute atomic E-state index is 0.0130. The van der Waals surface area contributed by atoms with Crippen LogP contribution in [0.15, 0.2) is 61.2 Å². The average Bonchev–Trinajstić information content (AvgIpc) is 3.69. The Hall–Kier alpha value is -4.26. The van der Waals surface area contributed by atoms with Crippen molar-refractivity contribution >= 4 is 39.9 Å². The largest absolute Gasteiger partial charge is 0.347 e. The van der Waals surface area contributed by atoms with Gasteiger partial charge < -0.3 is 15.2 Å². The number of thiazole rings is 1. The molecule has 6 rings (SSSR count). The zero-order chi connectivity index (χ0) is 26.1. The molecule has 13 heteroatoms. The molecule has 10 nitrogen and oxygen atoms in total. The Morgan fingerprint density at radius 2 is 1.89 bits per heavy atom. The highest BCUT2D eigenvalue weighted by Gasteiger charge is 2.29. The molecule has 1 aromatic carbocycles. The van der Waals surface area contributed by atoms with Crippen LogP contribution in [0.4, 0.5) is 20.4 Å². The predicted molar refractivity (Wildman–Crippen MR) is 138 cm³/mol. The summed E-state index contributed by atoms with van der Waals surface area (Å²) in [6.07, 6.45) is 6.48. The summed E-state index contributed by atoms with van der Waals surface area (Å²) in [6, 6.07) is 11.5. The number of hydrogen-bond donors (Lipinski definition) is 2. The SMILES string of the molecule is O=C(N[C@H]1CCC[C@@H](n2c(Nc3ccccc3)nc3cnc(-n4nccn4)cc32)C1)c1ncc(C(F)F)s1. The van der Waals surface area contributed by atoms with E-state index in [0.717, 1.165) is 48.0 Å². The van der Waals surface area contributed by atoms with Crippen LogP contribution < -0.4 is 10.6 Å². The monoisotopic (exact) mass is 535 g/mol. The van der Waals surface area contributed by atoms with Gasteiger partial charge in [0.1, 0.15) is 5.52 Å². The van der Waals surface area contributed by atoms with Gasteiger partial charge >= 0.3 is 0 Å². The number of para-hydroxylation sites is 1. The van der Waals surface area contributed by atoms with E-state index in [9.17, 15) is 13.6 Å². The highest BCUT2D eigenvalue weighted by atomic mass is 32.1. The topological polar surface area (TPSA) is 115 Å². The quantitative estimate of drug-likeness (QED) is 0.299. The van der Waals surface area contributed by atoms with Gasteiger partial charge in [-0.25, -0.2) is 23.7 Å². The van der Waals surface area contributed by atoms with Crippen LogP contribution in [-0.4, -0.2) is 46.5 Å². The number of alkyl halides is 2. The van der Waals surface area contributed by atoms with Crippen molar-refractivity contribution in [1.29, 1.82) is 0 Å². The molecule has 0 spiro atoms. The molecule has 0 aliphatic heterocycles. The Labute approximate surface area is 219 Å². The third kappa shape index (κ3) is 4.84. The lowest BCUT2D eigenvalue weighted by Gasteiger charge is -2.31. The number of nitrogens with zero attached hydrogens (tertiary/aromatic N) is 7. The van der Waals surface area contributed by atoms with Gasteiger partial charge in [0.25, 0.3) is 12.3 Å². The van der Waals surface area contributed by atoms with Gasteiger partial charge in [0.15, 0.2) is 10.8 Å². The fraction of sp³-hybridized carbons (Fsp3) is 0.280. The molecule has 1 aliphatic rings. The Morgan fingerprint density at radius 1 is 1.08 bits per heavy atom. The van der Waals surface area contributed by atoms with Gasteiger partial charge in [0.05, 0.1) is 29.0 Å². The van der Waals surface area contributed by atoms with E-state index in [-0.39, 0.29) is 22.0 Å². The Balaban J connectivity index is 1.31. The molecule has 1 fully saturated rings. The second-order valence-electron chi connectivity index (χ2n) is 9.01. The van der Waals surface area contributed by atoms with Gasteiger partial charge in [0.2, 0.25) is 5.95 Å². The lowest BCUT2D eigenvalue weighted by Crippen LogP contribution is -2.39. The van der Waals surface area contributed by atoms with Gasteiger partial charge in [-0.15, -0.1) is 16.1 Å². The summed E-state index contributed by atoms with van der Waals surface area (Å²) in [5.41, 5.74) is 2.47. The first-order chi connectivity index (χ1) is 18.5. The maximum Gasteiger partial charge on any atom is 0.280 e. The lowest BCUT2D eigenvalue weighted by atomic mass is 9.90. The van der Waals surface area contributed by atoms with E-state index in [1.54, 1.807) is 18.6 Å². The number of anilines is 2. The van der Waals surface area contributed by atoms with Crippen LogP contribution in [-0.2, 0) is 0 Å². The van der Waals surface area contributed by atoms with Crippen molar-refractivity contribution in [3.05, 3.63) is 71.1 Å². The lowest BCUT2D eigenvalue weighted by molar-refractivity contribution is 0.0920. The number of carbonyl (C=O) groups excluding carboxylic acids is 1. The number of hydrogen-bond acceptors (Lipinski definition) is 8. The van der Waals surface area contributed by atoms with Crippen LogP contribution >= 0.6 is 11.3 Å². The molecule has 1 aliphatic carbocycles. The van der Waals surface area contributed by atoms with E-state index < -0.39 is 12.3 Å². The molecule has 0 bridgehead atoms. The molecule has 4 aromatic heterocycles. The number of rotatable bonds is 7. The number of halogens is 2. The van der Waals surface area contributed by atoms with Gasteiger partial charge in [-0.05, 0) is 37.8 Å². The molecule has 1 amide bonds. The molecule has 0 unspecified atom stereocenters. The van der Waals surface area contributed by atoms with Gasteiger partial charge in [-0.3, -0.25) is 4.79 Å². The molecule has 4 heterocycles. The maximum atomic E-state index is 13.0. The molecule has 194 valence electrons. The van der Waals surface area contributed by atoms with E-state index in [1.165, 1.54) is 4.80 Å². The van der Waals surface area contributed by atoms with Gasteiger partial charge in [-0.2, -0.15) is 10.2 Å². The summed E-state index contributed by atoms with van der Waals surface area (Å²) in [7, 11) is 0.